The third kappa shape index (κ3) is 5.73. The monoisotopic (exact) mass is 345 g/mol. The molecule has 2 aromatic rings. The number of anilines is 1. The summed E-state index contributed by atoms with van der Waals surface area (Å²) in [6.45, 7) is 9.35. The van der Waals surface area contributed by atoms with Gasteiger partial charge in [0, 0.05) is 35.7 Å². The van der Waals surface area contributed by atoms with Crippen LogP contribution in [-0.4, -0.2) is 34.2 Å². The van der Waals surface area contributed by atoms with Gasteiger partial charge in [0.2, 0.25) is 5.91 Å². The number of aromatic nitrogens is 3. The number of nitrogens with zero attached hydrogens (tertiary/aromatic N) is 3. The van der Waals surface area contributed by atoms with E-state index in [1.165, 1.54) is 6.08 Å². The summed E-state index contributed by atoms with van der Waals surface area (Å²) >= 11 is 1.60. The molecule has 0 saturated heterocycles. The van der Waals surface area contributed by atoms with Crippen LogP contribution in [-0.2, 0) is 10.2 Å². The van der Waals surface area contributed by atoms with E-state index in [2.05, 4.69) is 46.6 Å². The Labute approximate surface area is 146 Å². The highest BCUT2D eigenvalue weighted by Crippen LogP contribution is 2.27. The van der Waals surface area contributed by atoms with Crippen molar-refractivity contribution in [2.75, 3.05) is 18.4 Å². The Morgan fingerprint density at radius 2 is 2.04 bits per heavy atom. The van der Waals surface area contributed by atoms with Gasteiger partial charge in [0.15, 0.2) is 0 Å². The van der Waals surface area contributed by atoms with Crippen molar-refractivity contribution in [3.05, 3.63) is 40.0 Å². The van der Waals surface area contributed by atoms with E-state index in [1.807, 2.05) is 19.1 Å². The molecule has 0 aliphatic heterocycles. The summed E-state index contributed by atoms with van der Waals surface area (Å²) in [4.78, 5) is 17.2. The minimum absolute atomic E-state index is 0.0313. The predicted octanol–water partition coefficient (Wildman–Crippen LogP) is 2.78. The zero-order valence-electron chi connectivity index (χ0n) is 14.5. The highest BCUT2D eigenvalue weighted by Gasteiger charge is 2.17. The lowest BCUT2D eigenvalue weighted by molar-refractivity contribution is -0.116. The van der Waals surface area contributed by atoms with Crippen molar-refractivity contribution < 1.29 is 4.79 Å². The van der Waals surface area contributed by atoms with Crippen LogP contribution in [0.3, 0.4) is 0 Å². The molecule has 0 saturated carbocycles. The molecule has 2 rings (SSSR count). The molecule has 0 unspecified atom stereocenters. The van der Waals surface area contributed by atoms with Crippen LogP contribution in [0.1, 0.15) is 36.3 Å². The Bertz CT molecular complexity index is 701. The van der Waals surface area contributed by atoms with Gasteiger partial charge in [-0.05, 0) is 25.1 Å². The van der Waals surface area contributed by atoms with Gasteiger partial charge in [-0.25, -0.2) is 4.98 Å². The van der Waals surface area contributed by atoms with Crippen molar-refractivity contribution in [1.82, 2.24) is 20.5 Å². The number of amides is 1. The first-order chi connectivity index (χ1) is 11.3. The average Bonchev–Trinajstić information content (AvgIpc) is 3.00. The minimum atomic E-state index is -0.127. The number of rotatable bonds is 6. The molecule has 0 aliphatic rings. The van der Waals surface area contributed by atoms with Gasteiger partial charge in [-0.2, -0.15) is 5.10 Å². The molecule has 24 heavy (non-hydrogen) atoms. The maximum absolute atomic E-state index is 11.8. The van der Waals surface area contributed by atoms with Gasteiger partial charge in [-0.15, -0.1) is 16.4 Å². The van der Waals surface area contributed by atoms with Crippen LogP contribution < -0.4 is 10.6 Å². The first-order valence-electron chi connectivity index (χ1n) is 7.81. The fourth-order valence-electron chi connectivity index (χ4n) is 1.80. The van der Waals surface area contributed by atoms with Crippen molar-refractivity contribution in [1.29, 1.82) is 0 Å². The molecule has 2 N–H and O–H groups in total. The van der Waals surface area contributed by atoms with Gasteiger partial charge in [0.1, 0.15) is 5.82 Å². The van der Waals surface area contributed by atoms with Crippen molar-refractivity contribution in [3.8, 4) is 0 Å². The Hall–Kier alpha value is -2.28. The average molecular weight is 345 g/mol. The van der Waals surface area contributed by atoms with Crippen LogP contribution in [0.2, 0.25) is 0 Å². The highest BCUT2D eigenvalue weighted by atomic mass is 32.1. The standard InChI is InChI=1S/C17H23N5OS/c1-12-5-7-14(22-21-12)18-9-10-19-15(23)8-6-13-11-20-16(24-13)17(2,3)4/h5-8,11H,9-10H2,1-4H3,(H,18,22)(H,19,23)/b8-6-. The third-order valence-corrected chi connectivity index (χ3v) is 4.48. The summed E-state index contributed by atoms with van der Waals surface area (Å²) in [5.74, 6) is 0.572. The smallest absolute Gasteiger partial charge is 0.244 e. The second-order valence-electron chi connectivity index (χ2n) is 6.43. The molecule has 0 bridgehead atoms. The molecule has 0 spiro atoms. The molecule has 128 valence electrons. The summed E-state index contributed by atoms with van der Waals surface area (Å²) < 4.78 is 0. The first-order valence-corrected chi connectivity index (χ1v) is 8.63. The number of nitrogens with one attached hydrogen (secondary N) is 2. The molecular formula is C17H23N5OS. The molecule has 0 fully saturated rings. The van der Waals surface area contributed by atoms with Crippen molar-refractivity contribution in [2.24, 2.45) is 0 Å². The summed E-state index contributed by atoms with van der Waals surface area (Å²) in [7, 11) is 0. The van der Waals surface area contributed by atoms with Gasteiger partial charge < -0.3 is 10.6 Å². The van der Waals surface area contributed by atoms with Crippen molar-refractivity contribution in [2.45, 2.75) is 33.1 Å². The lowest BCUT2D eigenvalue weighted by atomic mass is 9.98. The predicted molar refractivity (Wildman–Crippen MR) is 98.1 cm³/mol. The second-order valence-corrected chi connectivity index (χ2v) is 7.49. The Balaban J connectivity index is 1.73. The van der Waals surface area contributed by atoms with E-state index in [9.17, 15) is 4.79 Å². The maximum Gasteiger partial charge on any atom is 0.244 e. The molecular weight excluding hydrogens is 322 g/mol. The van der Waals surface area contributed by atoms with Gasteiger partial charge >= 0.3 is 0 Å². The summed E-state index contributed by atoms with van der Waals surface area (Å²) in [5.41, 5.74) is 0.903. The first kappa shape index (κ1) is 18.1. The van der Waals surface area contributed by atoms with Gasteiger partial charge in [-0.3, -0.25) is 4.79 Å². The Kier molecular flexibility index (Phi) is 6.03. The van der Waals surface area contributed by atoms with E-state index >= 15 is 0 Å². The number of carbonyl (C=O) groups excluding carboxylic acids is 1. The fraction of sp³-hybridized carbons (Fsp3) is 0.412. The molecule has 1 amide bonds. The van der Waals surface area contributed by atoms with E-state index in [-0.39, 0.29) is 11.3 Å². The van der Waals surface area contributed by atoms with E-state index in [0.29, 0.717) is 18.9 Å². The number of aryl methyl sites for hydroxylation is 1. The quantitative estimate of drug-likeness (QED) is 0.622. The van der Waals surface area contributed by atoms with E-state index in [4.69, 9.17) is 0 Å². The maximum atomic E-state index is 11.8. The third-order valence-electron chi connectivity index (χ3n) is 3.09. The Morgan fingerprint density at radius 3 is 2.67 bits per heavy atom. The van der Waals surface area contributed by atoms with Crippen molar-refractivity contribution >= 4 is 29.1 Å². The summed E-state index contributed by atoms with van der Waals surface area (Å²) in [6.07, 6.45) is 5.12. The number of thiazole rings is 1. The molecule has 0 aliphatic carbocycles. The molecule has 0 aromatic carbocycles. The Morgan fingerprint density at radius 1 is 1.25 bits per heavy atom. The van der Waals surface area contributed by atoms with Crippen LogP contribution in [0.5, 0.6) is 0 Å². The lowest BCUT2D eigenvalue weighted by Crippen LogP contribution is -2.27. The van der Waals surface area contributed by atoms with Crippen LogP contribution >= 0.6 is 11.3 Å². The van der Waals surface area contributed by atoms with E-state index in [1.54, 1.807) is 23.6 Å². The van der Waals surface area contributed by atoms with Gasteiger partial charge in [0.25, 0.3) is 0 Å². The number of hydrogen-bond acceptors (Lipinski definition) is 6. The molecule has 0 atom stereocenters. The largest absolute Gasteiger partial charge is 0.367 e. The lowest BCUT2D eigenvalue weighted by Gasteiger charge is -2.13. The zero-order valence-corrected chi connectivity index (χ0v) is 15.3. The topological polar surface area (TPSA) is 79.8 Å². The SMILES string of the molecule is Cc1ccc(NCCNC(=O)/C=C\c2cnc(C(C)(C)C)s2)nn1. The molecule has 7 heteroatoms. The van der Waals surface area contributed by atoms with Gasteiger partial charge in [0.05, 0.1) is 10.7 Å². The summed E-state index contributed by atoms with van der Waals surface area (Å²) in [5, 5.41) is 14.9. The molecule has 2 aromatic heterocycles. The van der Waals surface area contributed by atoms with Crippen LogP contribution in [0.4, 0.5) is 5.82 Å². The minimum Gasteiger partial charge on any atom is -0.367 e. The zero-order chi connectivity index (χ0) is 17.6. The van der Waals surface area contributed by atoms with Crippen LogP contribution in [0.15, 0.2) is 24.4 Å². The van der Waals surface area contributed by atoms with Gasteiger partial charge in [-0.1, -0.05) is 20.8 Å². The molecule has 6 nitrogen and oxygen atoms in total. The second kappa shape index (κ2) is 8.01. The normalized spacial score (nSPS) is 11.7. The summed E-state index contributed by atoms with van der Waals surface area (Å²) in [6, 6.07) is 3.75. The van der Waals surface area contributed by atoms with Crippen LogP contribution in [0.25, 0.3) is 6.08 Å². The van der Waals surface area contributed by atoms with E-state index < -0.39 is 0 Å². The number of carbonyl (C=O) groups is 1. The highest BCUT2D eigenvalue weighted by molar-refractivity contribution is 7.12. The molecule has 0 radical (unpaired) electrons. The molecule has 2 heterocycles. The fourth-order valence-corrected chi connectivity index (χ4v) is 2.67. The van der Waals surface area contributed by atoms with E-state index in [0.717, 1.165) is 15.6 Å². The number of hydrogen-bond donors (Lipinski definition) is 2. The van der Waals surface area contributed by atoms with Crippen LogP contribution in [0, 0.1) is 6.92 Å². The van der Waals surface area contributed by atoms with Crippen molar-refractivity contribution in [3.63, 3.8) is 0 Å².